The van der Waals surface area contributed by atoms with Crippen LogP contribution in [0.3, 0.4) is 0 Å². The number of rotatable bonds is 6. The lowest BCUT2D eigenvalue weighted by molar-refractivity contribution is -0.124. The van der Waals surface area contributed by atoms with Gasteiger partial charge in [-0.25, -0.2) is 9.87 Å². The zero-order chi connectivity index (χ0) is 19.2. The molecular weight excluding hydrogens is 347 g/mol. The van der Waals surface area contributed by atoms with E-state index >= 15 is 0 Å². The molecule has 5 nitrogen and oxygen atoms in total. The highest BCUT2D eigenvalue weighted by Crippen LogP contribution is 2.25. The van der Waals surface area contributed by atoms with E-state index < -0.39 is 5.91 Å². The van der Waals surface area contributed by atoms with Gasteiger partial charge >= 0.3 is 0 Å². The van der Waals surface area contributed by atoms with Gasteiger partial charge in [0.1, 0.15) is 5.82 Å². The van der Waals surface area contributed by atoms with Crippen LogP contribution in [0.1, 0.15) is 29.5 Å². The Morgan fingerprint density at radius 3 is 2.33 bits per heavy atom. The third kappa shape index (κ3) is 5.12. The minimum absolute atomic E-state index is 0.185. The van der Waals surface area contributed by atoms with Crippen molar-refractivity contribution >= 4 is 29.5 Å². The molecule has 0 spiro atoms. The minimum Gasteiger partial charge on any atom is -0.349 e. The van der Waals surface area contributed by atoms with Crippen LogP contribution < -0.4 is 10.8 Å². The van der Waals surface area contributed by atoms with Crippen molar-refractivity contribution in [2.45, 2.75) is 18.9 Å². The summed E-state index contributed by atoms with van der Waals surface area (Å²) in [5.41, 5.74) is 3.95. The lowest BCUT2D eigenvalue weighted by atomic mass is 9.99. The fourth-order valence-corrected chi connectivity index (χ4v) is 2.55. The Labute approximate surface area is 156 Å². The Kier molecular flexibility index (Phi) is 5.78. The van der Waals surface area contributed by atoms with Crippen LogP contribution >= 0.6 is 0 Å². The van der Waals surface area contributed by atoms with Gasteiger partial charge in [0.05, 0.1) is 0 Å². The SMILES string of the molecule is O=C(/C=C/c1ccccc1C=C(C(=O)NC1CC1)c1ccc(F)cc1)NO. The van der Waals surface area contributed by atoms with Crippen molar-refractivity contribution in [3.8, 4) is 0 Å². The molecule has 1 fully saturated rings. The summed E-state index contributed by atoms with van der Waals surface area (Å²) in [7, 11) is 0. The van der Waals surface area contributed by atoms with E-state index in [1.165, 1.54) is 23.7 Å². The maximum atomic E-state index is 13.3. The summed E-state index contributed by atoms with van der Waals surface area (Å²) >= 11 is 0. The average molecular weight is 366 g/mol. The highest BCUT2D eigenvalue weighted by Gasteiger charge is 2.25. The van der Waals surface area contributed by atoms with Crippen LogP contribution in [0.25, 0.3) is 17.7 Å². The molecule has 0 saturated heterocycles. The fraction of sp³-hybridized carbons (Fsp3) is 0.143. The zero-order valence-corrected chi connectivity index (χ0v) is 14.5. The van der Waals surface area contributed by atoms with Crippen LogP contribution in [-0.2, 0) is 9.59 Å². The number of carbonyl (C=O) groups is 2. The molecule has 1 aliphatic carbocycles. The Balaban J connectivity index is 2.00. The van der Waals surface area contributed by atoms with Gasteiger partial charge in [-0.05, 0) is 53.8 Å². The molecule has 0 unspecified atom stereocenters. The first kappa shape index (κ1) is 18.5. The molecule has 3 rings (SSSR count). The van der Waals surface area contributed by atoms with Gasteiger partial charge in [-0.15, -0.1) is 0 Å². The molecule has 1 saturated carbocycles. The summed E-state index contributed by atoms with van der Waals surface area (Å²) in [6.45, 7) is 0. The molecule has 2 amide bonds. The molecule has 0 heterocycles. The van der Waals surface area contributed by atoms with Crippen LogP contribution in [0.5, 0.6) is 0 Å². The Morgan fingerprint density at radius 1 is 1.04 bits per heavy atom. The normalized spacial score (nSPS) is 14.2. The van der Waals surface area contributed by atoms with Crippen molar-refractivity contribution in [2.75, 3.05) is 0 Å². The number of amides is 2. The smallest absolute Gasteiger partial charge is 0.267 e. The highest BCUT2D eigenvalue weighted by molar-refractivity contribution is 6.24. The summed E-state index contributed by atoms with van der Waals surface area (Å²) in [5.74, 6) is -1.26. The standard InChI is InChI=1S/C21H19FN2O3/c22-17-8-5-15(6-9-17)19(21(26)23-18-10-11-18)13-16-4-2-1-3-14(16)7-12-20(25)24-27/h1-9,12-13,18,27H,10-11H2,(H,23,26)(H,24,25)/b12-7+,19-13?. The topological polar surface area (TPSA) is 78.4 Å². The molecule has 1 aliphatic rings. The van der Waals surface area contributed by atoms with E-state index in [4.69, 9.17) is 5.21 Å². The second-order valence-corrected chi connectivity index (χ2v) is 6.25. The molecule has 3 N–H and O–H groups in total. The Hall–Kier alpha value is -3.25. The molecule has 0 bridgehead atoms. The largest absolute Gasteiger partial charge is 0.349 e. The van der Waals surface area contributed by atoms with Crippen molar-refractivity contribution in [2.24, 2.45) is 0 Å². The van der Waals surface area contributed by atoms with Crippen molar-refractivity contribution in [3.63, 3.8) is 0 Å². The van der Waals surface area contributed by atoms with Crippen LogP contribution in [0, 0.1) is 5.82 Å². The highest BCUT2D eigenvalue weighted by atomic mass is 19.1. The average Bonchev–Trinajstić information content (AvgIpc) is 3.49. The molecular formula is C21H19FN2O3. The number of hydrogen-bond acceptors (Lipinski definition) is 3. The van der Waals surface area contributed by atoms with E-state index in [1.807, 2.05) is 12.1 Å². The summed E-state index contributed by atoms with van der Waals surface area (Å²) < 4.78 is 13.3. The second-order valence-electron chi connectivity index (χ2n) is 6.25. The molecule has 6 heteroatoms. The van der Waals surface area contributed by atoms with Gasteiger partial charge in [0.25, 0.3) is 11.8 Å². The molecule has 0 aromatic heterocycles. The minimum atomic E-state index is -0.654. The van der Waals surface area contributed by atoms with Gasteiger partial charge in [-0.3, -0.25) is 14.8 Å². The number of nitrogens with one attached hydrogen (secondary N) is 2. The Bertz CT molecular complexity index is 900. The van der Waals surface area contributed by atoms with Gasteiger partial charge in [-0.1, -0.05) is 36.4 Å². The second kappa shape index (κ2) is 8.42. The number of hydroxylamine groups is 1. The summed E-state index contributed by atoms with van der Waals surface area (Å²) in [6, 6.07) is 13.1. The van der Waals surface area contributed by atoms with Crippen molar-refractivity contribution in [1.82, 2.24) is 10.8 Å². The number of carbonyl (C=O) groups excluding carboxylic acids is 2. The van der Waals surface area contributed by atoms with Crippen LogP contribution in [0.15, 0.2) is 54.6 Å². The van der Waals surface area contributed by atoms with E-state index in [1.54, 1.807) is 36.4 Å². The van der Waals surface area contributed by atoms with E-state index in [2.05, 4.69) is 5.32 Å². The first-order valence-corrected chi connectivity index (χ1v) is 8.56. The van der Waals surface area contributed by atoms with Gasteiger partial charge < -0.3 is 5.32 Å². The Morgan fingerprint density at radius 2 is 1.70 bits per heavy atom. The summed E-state index contributed by atoms with van der Waals surface area (Å²) in [5, 5.41) is 11.6. The first-order chi connectivity index (χ1) is 13.1. The summed E-state index contributed by atoms with van der Waals surface area (Å²) in [4.78, 5) is 24.0. The molecule has 2 aromatic rings. The quantitative estimate of drug-likeness (QED) is 0.318. The van der Waals surface area contributed by atoms with Crippen molar-refractivity contribution in [3.05, 3.63) is 77.1 Å². The van der Waals surface area contributed by atoms with Gasteiger partial charge in [0.2, 0.25) is 0 Å². The molecule has 0 radical (unpaired) electrons. The number of benzene rings is 2. The van der Waals surface area contributed by atoms with Crippen LogP contribution in [0.2, 0.25) is 0 Å². The molecule has 0 atom stereocenters. The molecule has 0 aliphatic heterocycles. The fourth-order valence-electron chi connectivity index (χ4n) is 2.55. The third-order valence-electron chi connectivity index (χ3n) is 4.13. The first-order valence-electron chi connectivity index (χ1n) is 8.56. The number of hydrogen-bond donors (Lipinski definition) is 3. The van der Waals surface area contributed by atoms with Crippen LogP contribution in [-0.4, -0.2) is 23.1 Å². The molecule has 27 heavy (non-hydrogen) atoms. The monoisotopic (exact) mass is 366 g/mol. The van der Waals surface area contributed by atoms with Crippen LogP contribution in [0.4, 0.5) is 4.39 Å². The van der Waals surface area contributed by atoms with E-state index in [-0.39, 0.29) is 17.8 Å². The van der Waals surface area contributed by atoms with E-state index in [0.29, 0.717) is 22.3 Å². The van der Waals surface area contributed by atoms with Crippen molar-refractivity contribution < 1.29 is 19.2 Å². The van der Waals surface area contributed by atoms with Gasteiger partial charge in [0, 0.05) is 17.7 Å². The summed E-state index contributed by atoms with van der Waals surface area (Å²) in [6.07, 6.45) is 6.35. The zero-order valence-electron chi connectivity index (χ0n) is 14.5. The predicted molar refractivity (Wildman–Crippen MR) is 101 cm³/mol. The van der Waals surface area contributed by atoms with Gasteiger partial charge in [-0.2, -0.15) is 0 Å². The van der Waals surface area contributed by atoms with Crippen molar-refractivity contribution in [1.29, 1.82) is 0 Å². The number of halogens is 1. The van der Waals surface area contributed by atoms with Gasteiger partial charge in [0.15, 0.2) is 0 Å². The molecule has 138 valence electrons. The lowest BCUT2D eigenvalue weighted by Crippen LogP contribution is -2.26. The predicted octanol–water partition coefficient (Wildman–Crippen LogP) is 3.16. The molecule has 2 aromatic carbocycles. The van der Waals surface area contributed by atoms with E-state index in [0.717, 1.165) is 12.8 Å². The maximum Gasteiger partial charge on any atom is 0.267 e. The third-order valence-corrected chi connectivity index (χ3v) is 4.13. The maximum absolute atomic E-state index is 13.3. The van der Waals surface area contributed by atoms with E-state index in [9.17, 15) is 14.0 Å². The lowest BCUT2D eigenvalue weighted by Gasteiger charge is -2.10.